The van der Waals surface area contributed by atoms with Gasteiger partial charge in [-0.05, 0) is 100 Å². The zero-order valence-corrected chi connectivity index (χ0v) is 22.8. The van der Waals surface area contributed by atoms with Gasteiger partial charge < -0.3 is 9.47 Å². The number of nitrogens with zero attached hydrogens (tertiary/aromatic N) is 1. The lowest BCUT2D eigenvalue weighted by molar-refractivity contribution is -0.141. The van der Waals surface area contributed by atoms with E-state index in [4.69, 9.17) is 14.7 Å². The summed E-state index contributed by atoms with van der Waals surface area (Å²) in [6.07, 6.45) is 20.4. The fourth-order valence-corrected chi connectivity index (χ4v) is 7.04. The van der Waals surface area contributed by atoms with Gasteiger partial charge >= 0.3 is 5.97 Å². The van der Waals surface area contributed by atoms with Gasteiger partial charge in [0.15, 0.2) is 0 Å². The number of halogens is 1. The highest BCUT2D eigenvalue weighted by Gasteiger charge is 2.32. The molecule has 0 aliphatic heterocycles. The maximum Gasteiger partial charge on any atom is 0.314 e. The lowest BCUT2D eigenvalue weighted by atomic mass is 9.69. The molecule has 5 heteroatoms. The van der Waals surface area contributed by atoms with E-state index in [1.165, 1.54) is 89.2 Å². The first-order valence-electron chi connectivity index (χ1n) is 15.1. The summed E-state index contributed by atoms with van der Waals surface area (Å²) in [5.74, 6) is 2.63. The highest BCUT2D eigenvalue weighted by atomic mass is 19.1. The SMILES string of the molecule is CCCCCC1CCC(C2CCC(COC3CCC(C(=O)Oc4ccc(C#N)c(F)c4)CC3)CC2)CC1. The van der Waals surface area contributed by atoms with Gasteiger partial charge in [-0.25, -0.2) is 4.39 Å². The van der Waals surface area contributed by atoms with Gasteiger partial charge in [0, 0.05) is 12.7 Å². The first-order chi connectivity index (χ1) is 18.1. The van der Waals surface area contributed by atoms with Crippen molar-refractivity contribution in [1.29, 1.82) is 5.26 Å². The van der Waals surface area contributed by atoms with E-state index in [0.29, 0.717) is 5.92 Å². The third kappa shape index (κ3) is 8.28. The Balaban J connectivity index is 1.09. The Bertz CT molecular complexity index is 888. The fourth-order valence-electron chi connectivity index (χ4n) is 7.04. The van der Waals surface area contributed by atoms with E-state index in [9.17, 15) is 9.18 Å². The second-order valence-electron chi connectivity index (χ2n) is 12.0. The van der Waals surface area contributed by atoms with Crippen molar-refractivity contribution in [1.82, 2.24) is 0 Å². The van der Waals surface area contributed by atoms with Gasteiger partial charge in [-0.2, -0.15) is 5.26 Å². The number of esters is 1. The minimum absolute atomic E-state index is 0.0498. The molecule has 3 aliphatic rings. The summed E-state index contributed by atoms with van der Waals surface area (Å²) in [7, 11) is 0. The maximum atomic E-state index is 13.8. The molecule has 37 heavy (non-hydrogen) atoms. The van der Waals surface area contributed by atoms with Crippen LogP contribution >= 0.6 is 0 Å². The molecule has 3 fully saturated rings. The Kier molecular flexibility index (Phi) is 10.8. The lowest BCUT2D eigenvalue weighted by Crippen LogP contribution is -2.31. The van der Waals surface area contributed by atoms with Crippen LogP contribution in [0, 0.1) is 46.7 Å². The largest absolute Gasteiger partial charge is 0.426 e. The van der Waals surface area contributed by atoms with Crippen molar-refractivity contribution in [3.63, 3.8) is 0 Å². The van der Waals surface area contributed by atoms with Crippen molar-refractivity contribution >= 4 is 5.97 Å². The monoisotopic (exact) mass is 511 g/mol. The summed E-state index contributed by atoms with van der Waals surface area (Å²) in [6.45, 7) is 3.16. The van der Waals surface area contributed by atoms with Crippen LogP contribution in [0.5, 0.6) is 5.75 Å². The van der Waals surface area contributed by atoms with Gasteiger partial charge in [0.2, 0.25) is 0 Å². The van der Waals surface area contributed by atoms with Crippen LogP contribution in [0.2, 0.25) is 0 Å². The zero-order chi connectivity index (χ0) is 26.0. The van der Waals surface area contributed by atoms with Gasteiger partial charge in [-0.3, -0.25) is 4.79 Å². The lowest BCUT2D eigenvalue weighted by Gasteiger charge is -2.38. The van der Waals surface area contributed by atoms with E-state index >= 15 is 0 Å². The fraction of sp³-hybridized carbons (Fsp3) is 0.750. The molecule has 0 atom stereocenters. The minimum Gasteiger partial charge on any atom is -0.426 e. The summed E-state index contributed by atoms with van der Waals surface area (Å²) in [5.41, 5.74) is -0.0498. The van der Waals surface area contributed by atoms with Crippen LogP contribution in [-0.2, 0) is 9.53 Å². The Labute approximate surface area is 223 Å². The molecule has 0 N–H and O–H groups in total. The van der Waals surface area contributed by atoms with E-state index in [2.05, 4.69) is 6.92 Å². The standard InChI is InChI=1S/C32H46FNO3/c1-2-3-4-5-23-6-10-25(11-7-23)26-12-8-24(9-13-26)22-36-29-17-14-27(15-18-29)32(35)37-30-19-16-28(21-34)31(33)20-30/h16,19-20,23-27,29H,2-15,17-18,22H2,1H3. The predicted octanol–water partition coefficient (Wildman–Crippen LogP) is 8.37. The van der Waals surface area contributed by atoms with Crippen molar-refractivity contribution < 1.29 is 18.7 Å². The molecule has 1 aromatic carbocycles. The Morgan fingerprint density at radius 1 is 0.919 bits per heavy atom. The Hall–Kier alpha value is -1.93. The van der Waals surface area contributed by atoms with Crippen molar-refractivity contribution in [3.8, 4) is 11.8 Å². The second-order valence-corrected chi connectivity index (χ2v) is 12.0. The number of carbonyl (C=O) groups excluding carboxylic acids is 1. The first-order valence-corrected chi connectivity index (χ1v) is 15.1. The molecule has 4 nitrogen and oxygen atoms in total. The average molecular weight is 512 g/mol. The average Bonchev–Trinajstić information content (AvgIpc) is 2.93. The van der Waals surface area contributed by atoms with E-state index < -0.39 is 5.82 Å². The number of ether oxygens (including phenoxy) is 2. The van der Waals surface area contributed by atoms with Gasteiger partial charge in [-0.1, -0.05) is 45.4 Å². The van der Waals surface area contributed by atoms with Crippen LogP contribution in [-0.4, -0.2) is 18.7 Å². The molecule has 0 bridgehead atoms. The third-order valence-electron chi connectivity index (χ3n) is 9.52. The number of carbonyl (C=O) groups is 1. The van der Waals surface area contributed by atoms with E-state index in [-0.39, 0.29) is 29.3 Å². The molecule has 0 amide bonds. The van der Waals surface area contributed by atoms with Gasteiger partial charge in [0.1, 0.15) is 17.6 Å². The topological polar surface area (TPSA) is 59.3 Å². The van der Waals surface area contributed by atoms with Gasteiger partial charge in [0.25, 0.3) is 0 Å². The molecule has 204 valence electrons. The summed E-state index contributed by atoms with van der Waals surface area (Å²) < 4.78 is 25.5. The molecule has 0 aromatic heterocycles. The molecular formula is C32H46FNO3. The van der Waals surface area contributed by atoms with Crippen molar-refractivity contribution in [3.05, 3.63) is 29.6 Å². The molecular weight excluding hydrogens is 465 g/mol. The molecule has 1 aromatic rings. The maximum absolute atomic E-state index is 13.8. The molecule has 0 heterocycles. The number of hydrogen-bond donors (Lipinski definition) is 0. The molecule has 3 saturated carbocycles. The van der Waals surface area contributed by atoms with E-state index in [1.807, 2.05) is 0 Å². The van der Waals surface area contributed by atoms with Crippen LogP contribution in [0.1, 0.15) is 115 Å². The third-order valence-corrected chi connectivity index (χ3v) is 9.52. The zero-order valence-electron chi connectivity index (χ0n) is 22.8. The smallest absolute Gasteiger partial charge is 0.314 e. The molecule has 4 rings (SSSR count). The Morgan fingerprint density at radius 2 is 1.57 bits per heavy atom. The predicted molar refractivity (Wildman–Crippen MR) is 143 cm³/mol. The number of hydrogen-bond acceptors (Lipinski definition) is 4. The first kappa shape index (κ1) is 28.1. The van der Waals surface area contributed by atoms with Gasteiger partial charge in [0.05, 0.1) is 17.6 Å². The van der Waals surface area contributed by atoms with Gasteiger partial charge in [-0.15, -0.1) is 0 Å². The van der Waals surface area contributed by atoms with E-state index in [1.54, 1.807) is 6.07 Å². The number of benzene rings is 1. The molecule has 0 spiro atoms. The van der Waals surface area contributed by atoms with Crippen LogP contribution < -0.4 is 4.74 Å². The second kappa shape index (κ2) is 14.3. The van der Waals surface area contributed by atoms with Crippen molar-refractivity contribution in [2.45, 2.75) is 116 Å². The summed E-state index contributed by atoms with van der Waals surface area (Å²) >= 11 is 0. The van der Waals surface area contributed by atoms with E-state index in [0.717, 1.165) is 56.1 Å². The number of rotatable bonds is 10. The normalized spacial score (nSPS) is 30.4. The number of nitriles is 1. The van der Waals surface area contributed by atoms with Crippen molar-refractivity contribution in [2.24, 2.45) is 29.6 Å². The highest BCUT2D eigenvalue weighted by Crippen LogP contribution is 2.42. The molecule has 3 aliphatic carbocycles. The molecule has 0 unspecified atom stereocenters. The minimum atomic E-state index is -0.663. The van der Waals surface area contributed by atoms with Crippen LogP contribution in [0.4, 0.5) is 4.39 Å². The van der Waals surface area contributed by atoms with Crippen LogP contribution in [0.3, 0.4) is 0 Å². The molecule has 0 radical (unpaired) electrons. The summed E-state index contributed by atoms with van der Waals surface area (Å²) in [6, 6.07) is 5.70. The summed E-state index contributed by atoms with van der Waals surface area (Å²) in [4.78, 5) is 12.5. The summed E-state index contributed by atoms with van der Waals surface area (Å²) in [5, 5.41) is 8.84. The van der Waals surface area contributed by atoms with Crippen LogP contribution in [0.25, 0.3) is 0 Å². The highest BCUT2D eigenvalue weighted by molar-refractivity contribution is 5.75. The van der Waals surface area contributed by atoms with Crippen LogP contribution in [0.15, 0.2) is 18.2 Å². The quantitative estimate of drug-likeness (QED) is 0.180. The Morgan fingerprint density at radius 3 is 2.16 bits per heavy atom. The molecule has 0 saturated heterocycles. The van der Waals surface area contributed by atoms with Crippen molar-refractivity contribution in [2.75, 3.05) is 6.61 Å². The number of unbranched alkanes of at least 4 members (excludes halogenated alkanes) is 2.